The zero-order chi connectivity index (χ0) is 61.3. The Morgan fingerprint density at radius 3 is 1.15 bits per heavy atom. The predicted octanol–water partition coefficient (Wildman–Crippen LogP) is 10.8. The molecule has 4 fully saturated rings. The summed E-state index contributed by atoms with van der Waals surface area (Å²) in [6.07, 6.45) is 10.2. The number of carbonyl (C=O) groups excluding carboxylic acids is 6. The number of benzene rings is 5. The van der Waals surface area contributed by atoms with Crippen LogP contribution in [0.2, 0.25) is 0 Å². The van der Waals surface area contributed by atoms with Crippen molar-refractivity contribution in [3.05, 3.63) is 165 Å². The molecule has 5 aromatic carbocycles. The highest BCUT2D eigenvalue weighted by Crippen LogP contribution is 2.41. The Labute approximate surface area is 524 Å². The number of likely N-dealkylation sites (tertiary alicyclic amines) is 2. The van der Waals surface area contributed by atoms with E-state index in [-0.39, 0.29) is 60.4 Å². The van der Waals surface area contributed by atoms with E-state index < -0.39 is 48.3 Å². The van der Waals surface area contributed by atoms with Crippen molar-refractivity contribution < 1.29 is 28.8 Å². The third-order valence-corrected chi connectivity index (χ3v) is 20.4. The van der Waals surface area contributed by atoms with E-state index in [2.05, 4.69) is 105 Å². The van der Waals surface area contributed by atoms with Gasteiger partial charge in [0.25, 0.3) is 11.8 Å². The molecule has 2 saturated carbocycles. The van der Waals surface area contributed by atoms with Crippen LogP contribution in [0.4, 0.5) is 0 Å². The van der Waals surface area contributed by atoms with Gasteiger partial charge < -0.3 is 41.7 Å². The van der Waals surface area contributed by atoms with Gasteiger partial charge in [0, 0.05) is 58.2 Å². The number of amides is 6. The summed E-state index contributed by atoms with van der Waals surface area (Å²) >= 11 is 2.97. The first-order valence-electron chi connectivity index (χ1n) is 31.3. The number of hydrogen-bond acceptors (Lipinski definition) is 12. The van der Waals surface area contributed by atoms with Crippen molar-refractivity contribution >= 4 is 58.1 Å². The molecule has 7 aromatic rings. The molecule has 6 amide bonds. The lowest BCUT2D eigenvalue weighted by Gasteiger charge is -2.35. The first kappa shape index (κ1) is 61.7. The topological polar surface area (TPSA) is 207 Å². The van der Waals surface area contributed by atoms with Gasteiger partial charge in [-0.1, -0.05) is 148 Å². The second-order valence-electron chi connectivity index (χ2n) is 24.2. The molecule has 458 valence electrons. The second-order valence-corrected chi connectivity index (χ2v) is 26.0. The Hall–Kier alpha value is -7.90. The van der Waals surface area contributed by atoms with Crippen LogP contribution >= 0.6 is 22.7 Å². The number of likely N-dealkylation sites (N-methyl/N-ethyl adjacent to an activating group) is 2. The van der Waals surface area contributed by atoms with Crippen LogP contribution in [-0.4, -0.2) is 119 Å². The van der Waals surface area contributed by atoms with Crippen LogP contribution in [0.25, 0.3) is 44.8 Å². The molecule has 8 unspecified atom stereocenters. The summed E-state index contributed by atoms with van der Waals surface area (Å²) < 4.78 is 0. The lowest BCUT2D eigenvalue weighted by atomic mass is 9.83. The van der Waals surface area contributed by atoms with Gasteiger partial charge in [-0.3, -0.25) is 28.8 Å². The maximum Gasteiger partial charge on any atom is 0.251 e. The fourth-order valence-corrected chi connectivity index (χ4v) is 15.0. The minimum Gasteiger partial charge on any atom is -0.347 e. The molecule has 0 bridgehead atoms. The summed E-state index contributed by atoms with van der Waals surface area (Å²) in [4.78, 5) is 99.9. The van der Waals surface area contributed by atoms with Gasteiger partial charge in [-0.15, -0.1) is 22.7 Å². The largest absolute Gasteiger partial charge is 0.347 e. The van der Waals surface area contributed by atoms with Crippen LogP contribution in [-0.2, 0) is 19.2 Å². The molecule has 2 saturated heterocycles. The minimum absolute atomic E-state index is 0.0305. The van der Waals surface area contributed by atoms with Crippen molar-refractivity contribution in [2.24, 2.45) is 11.8 Å². The van der Waals surface area contributed by atoms with E-state index in [0.29, 0.717) is 24.0 Å². The Morgan fingerprint density at radius 2 is 0.795 bits per heavy atom. The molecule has 4 heterocycles. The normalized spacial score (nSPS) is 20.4. The highest BCUT2D eigenvalue weighted by molar-refractivity contribution is 7.10. The van der Waals surface area contributed by atoms with Gasteiger partial charge >= 0.3 is 0 Å². The number of carbonyl (C=O) groups is 6. The fourth-order valence-electron chi connectivity index (χ4n) is 13.1. The molecule has 0 spiro atoms. The number of nitrogens with one attached hydrogen (secondary N) is 6. The van der Waals surface area contributed by atoms with Crippen molar-refractivity contribution in [3.8, 4) is 44.8 Å². The van der Waals surface area contributed by atoms with Crippen molar-refractivity contribution in [1.29, 1.82) is 0 Å². The molecular formula is C70H80N10O6S2. The molecule has 18 heteroatoms. The predicted molar refractivity (Wildman–Crippen MR) is 347 cm³/mol. The zero-order valence-electron chi connectivity index (χ0n) is 50.6. The number of rotatable bonds is 20. The summed E-state index contributed by atoms with van der Waals surface area (Å²) in [6.45, 7) is 3.99. The summed E-state index contributed by atoms with van der Waals surface area (Å²) in [7, 11) is 3.45. The molecule has 88 heavy (non-hydrogen) atoms. The summed E-state index contributed by atoms with van der Waals surface area (Å²) in [5.74, 6) is -1.60. The highest BCUT2D eigenvalue weighted by atomic mass is 32.1. The molecular weight excluding hydrogens is 1140 g/mol. The number of nitrogens with zero attached hydrogens (tertiary/aromatic N) is 4. The van der Waals surface area contributed by atoms with E-state index in [9.17, 15) is 19.2 Å². The quantitative estimate of drug-likeness (QED) is 0.0426. The molecule has 8 atom stereocenters. The van der Waals surface area contributed by atoms with Crippen LogP contribution in [0.15, 0.2) is 144 Å². The van der Waals surface area contributed by atoms with Crippen LogP contribution in [0.3, 0.4) is 0 Å². The lowest BCUT2D eigenvalue weighted by molar-refractivity contribution is -0.139. The van der Waals surface area contributed by atoms with E-state index in [0.717, 1.165) is 119 Å². The molecule has 2 aromatic heterocycles. The molecule has 2 aliphatic carbocycles. The van der Waals surface area contributed by atoms with Gasteiger partial charge in [-0.05, 0) is 125 Å². The summed E-state index contributed by atoms with van der Waals surface area (Å²) in [6, 6.07) is 39.2. The van der Waals surface area contributed by atoms with E-state index in [1.54, 1.807) is 52.2 Å². The van der Waals surface area contributed by atoms with Gasteiger partial charge in [-0.2, -0.15) is 0 Å². The van der Waals surface area contributed by atoms with Crippen LogP contribution < -0.4 is 31.9 Å². The number of hydrogen-bond donors (Lipinski definition) is 6. The van der Waals surface area contributed by atoms with E-state index >= 15 is 9.59 Å². The standard InChI is InChI=1S/C70H80N10O6S2/c1-43(71-3)63(81)77-61(51-21-13-7-14-22-51)69(85)79-39-55(37-59(79)67-75-57(41-87-67)49-29-25-47(26-30-49)45-17-9-5-10-18-45)73-65(83)53-33-35-54(36-34-53)66(84)74-56-38-60(68-76-58(42-88-68)50-31-27-48(28-32-50)46-19-11-6-12-20-46)80(40-56)70(86)62(52-23-15-8-16-24-52)78-64(82)44(2)72-4/h5-6,9-12,17-20,25-36,41-44,51-52,55-56,59-62,71-72H,7-8,13-16,21-24,37-40H2,1-4H3,(H,73,83)(H,74,84)(H,77,81)(H,78,82). The monoisotopic (exact) mass is 1220 g/mol. The Bertz CT molecular complexity index is 3300. The van der Waals surface area contributed by atoms with Crippen molar-refractivity contribution in [2.45, 2.75) is 139 Å². The molecule has 11 rings (SSSR count). The molecule has 6 N–H and O–H groups in total. The van der Waals surface area contributed by atoms with Gasteiger partial charge in [0.2, 0.25) is 23.6 Å². The smallest absolute Gasteiger partial charge is 0.251 e. The maximum absolute atomic E-state index is 15.1. The highest BCUT2D eigenvalue weighted by Gasteiger charge is 2.46. The zero-order valence-corrected chi connectivity index (χ0v) is 52.2. The third kappa shape index (κ3) is 14.3. The molecule has 16 nitrogen and oxygen atoms in total. The maximum atomic E-state index is 15.1. The summed E-state index contributed by atoms with van der Waals surface area (Å²) in [5, 5.41) is 24.3. The van der Waals surface area contributed by atoms with Gasteiger partial charge in [-0.25, -0.2) is 9.97 Å². The average molecular weight is 1220 g/mol. The van der Waals surface area contributed by atoms with Crippen LogP contribution in [0, 0.1) is 11.8 Å². The van der Waals surface area contributed by atoms with Crippen LogP contribution in [0.5, 0.6) is 0 Å². The van der Waals surface area contributed by atoms with Gasteiger partial charge in [0.05, 0.1) is 35.6 Å². The van der Waals surface area contributed by atoms with E-state index in [4.69, 9.17) is 9.97 Å². The van der Waals surface area contributed by atoms with Crippen molar-refractivity contribution in [2.75, 3.05) is 27.2 Å². The molecule has 2 aliphatic heterocycles. The SMILES string of the molecule is CNC(C)C(=O)NC(C(=O)N1CC(NC(=O)c2ccc(C(=O)NC3CC(c4nc(-c5ccc(-c6ccccc6)cc5)cs4)N(C(=O)C(NC(=O)C(C)NC)C4CCCCC4)C3)cc2)CC1c1nc(-c2ccc(-c3ccccc3)cc2)cs1)C1CCCCC1. The third-order valence-electron chi connectivity index (χ3n) is 18.5. The Kier molecular flexibility index (Phi) is 20.0. The minimum atomic E-state index is -0.740. The van der Waals surface area contributed by atoms with Crippen LogP contribution in [0.1, 0.15) is 134 Å². The first-order valence-corrected chi connectivity index (χ1v) is 33.1. The van der Waals surface area contributed by atoms with Gasteiger partial charge in [0.1, 0.15) is 22.1 Å². The average Bonchev–Trinajstić information content (AvgIpc) is 4.01. The molecule has 0 radical (unpaired) electrons. The Balaban J connectivity index is 0.801. The fraction of sp³-hybridized carbons (Fsp3) is 0.400. The van der Waals surface area contributed by atoms with Crippen molar-refractivity contribution in [1.82, 2.24) is 51.7 Å². The lowest BCUT2D eigenvalue weighted by Crippen LogP contribution is -2.56. The van der Waals surface area contributed by atoms with Gasteiger partial charge in [0.15, 0.2) is 0 Å². The summed E-state index contributed by atoms with van der Waals surface area (Å²) in [5.41, 5.74) is 8.60. The Morgan fingerprint density at radius 1 is 0.455 bits per heavy atom. The van der Waals surface area contributed by atoms with Crippen molar-refractivity contribution in [3.63, 3.8) is 0 Å². The second kappa shape index (κ2) is 28.5. The first-order chi connectivity index (χ1) is 42.8. The van der Waals surface area contributed by atoms with E-state index in [1.165, 1.54) is 22.7 Å². The number of aromatic nitrogens is 2. The van der Waals surface area contributed by atoms with E-state index in [1.807, 2.05) is 57.0 Å². The number of thiazole rings is 2. The molecule has 4 aliphatic rings.